The van der Waals surface area contributed by atoms with Crippen molar-refractivity contribution in [3.8, 4) is 78.6 Å². The van der Waals surface area contributed by atoms with Gasteiger partial charge < -0.3 is 5.11 Å². The molecule has 0 fully saturated rings. The van der Waals surface area contributed by atoms with Crippen LogP contribution < -0.4 is 0 Å². The second kappa shape index (κ2) is 17.9. The van der Waals surface area contributed by atoms with Crippen LogP contribution in [0.4, 0.5) is 0 Å². The van der Waals surface area contributed by atoms with Gasteiger partial charge in [0.1, 0.15) is 11.6 Å². The quantitative estimate of drug-likeness (QED) is 0.157. The number of hydrogen-bond donors (Lipinski definition) is 1. The first kappa shape index (κ1) is 23.8. The Morgan fingerprint density at radius 1 is 0.515 bits per heavy atom. The fraction of sp³-hybridized carbons (Fsp3) is 0.250. The Labute approximate surface area is 442 Å². The Morgan fingerprint density at radius 2 is 1.16 bits per heavy atom. The Bertz CT molecular complexity index is 4190. The zero-order valence-corrected chi connectivity index (χ0v) is 37.2. The van der Waals surface area contributed by atoms with Crippen LogP contribution in [-0.2, 0) is 22.7 Å². The van der Waals surface area contributed by atoms with Crippen LogP contribution in [0.2, 0.25) is 0 Å². The molecule has 2 heterocycles. The molecule has 4 heteroatoms. The summed E-state index contributed by atoms with van der Waals surface area (Å²) in [6.45, 7) is -31.4. The number of phenols is 1. The predicted molar refractivity (Wildman–Crippen MR) is 288 cm³/mol. The maximum absolute atomic E-state index is 13.1. The molecule has 0 aliphatic heterocycles. The average molecular weight is 919 g/mol. The highest BCUT2D eigenvalue weighted by Crippen LogP contribution is 2.45. The van der Waals surface area contributed by atoms with E-state index in [1.165, 1.54) is 22.9 Å². The van der Waals surface area contributed by atoms with E-state index in [4.69, 9.17) is 47.0 Å². The number of benzene rings is 7. The number of phenolic OH excluding ortho intramolecular Hbond substituents is 1. The normalized spacial score (nSPS) is 19.8. The van der Waals surface area contributed by atoms with E-state index in [1.54, 1.807) is 54.6 Å². The fourth-order valence-electron chi connectivity index (χ4n) is 8.72. The molecule has 0 saturated carbocycles. The van der Waals surface area contributed by atoms with Crippen LogP contribution in [0.3, 0.4) is 0 Å². The van der Waals surface area contributed by atoms with E-state index in [0.29, 0.717) is 57.1 Å². The second-order valence-electron chi connectivity index (χ2n) is 17.6. The molecule has 4 nitrogen and oxygen atoms in total. The number of nitrogens with zero attached hydrogens (tertiary/aromatic N) is 3. The van der Waals surface area contributed by atoms with E-state index < -0.39 is 112 Å². The molecule has 68 heavy (non-hydrogen) atoms. The van der Waals surface area contributed by atoms with Crippen LogP contribution in [0.25, 0.3) is 83.9 Å². The minimum Gasteiger partial charge on any atom is -0.507 e. The molecule has 0 bridgehead atoms. The lowest BCUT2D eigenvalue weighted by atomic mass is 9.79. The number of imidazole rings is 1. The van der Waals surface area contributed by atoms with Gasteiger partial charge in [0.2, 0.25) is 0 Å². The monoisotopic (exact) mass is 919 g/mol. The maximum Gasteiger partial charge on any atom is 0.149 e. The summed E-state index contributed by atoms with van der Waals surface area (Å²) in [4.78, 5) is 9.89. The number of aromatic hydroxyl groups is 1. The third-order valence-corrected chi connectivity index (χ3v) is 12.0. The lowest BCUT2D eigenvalue weighted by molar-refractivity contribution is 0.446. The minimum atomic E-state index is -4.20. The highest BCUT2D eigenvalue weighted by Gasteiger charge is 2.29. The predicted octanol–water partition coefficient (Wildman–Crippen LogP) is 17.2. The molecule has 0 atom stereocenters. The van der Waals surface area contributed by atoms with E-state index in [9.17, 15) is 5.11 Å². The van der Waals surface area contributed by atoms with Crippen molar-refractivity contribution in [3.05, 3.63) is 192 Å². The van der Waals surface area contributed by atoms with Crippen molar-refractivity contribution < 1.29 is 42.1 Å². The van der Waals surface area contributed by atoms with Crippen molar-refractivity contribution >= 4 is 11.0 Å². The lowest BCUT2D eigenvalue weighted by Crippen LogP contribution is -2.17. The Kier molecular flexibility index (Phi) is 6.26. The van der Waals surface area contributed by atoms with Gasteiger partial charge >= 0.3 is 0 Å². The van der Waals surface area contributed by atoms with Crippen molar-refractivity contribution in [1.29, 1.82) is 0 Å². The summed E-state index contributed by atoms with van der Waals surface area (Å²) in [5.74, 6) is -1.89. The van der Waals surface area contributed by atoms with Crippen LogP contribution in [-0.4, -0.2) is 19.6 Å². The highest BCUT2D eigenvalue weighted by atomic mass is 16.3. The van der Waals surface area contributed by atoms with Gasteiger partial charge in [0.05, 0.1) is 22.3 Å². The molecule has 1 N–H and O–H groups in total. The summed E-state index contributed by atoms with van der Waals surface area (Å²) < 4.78 is 234. The molecular weight excluding hydrogens is 827 g/mol. The molecule has 0 amide bonds. The molecule has 0 spiro atoms. The number of pyridine rings is 1. The molecule has 0 unspecified atom stereocenters. The summed E-state index contributed by atoms with van der Waals surface area (Å²) >= 11 is 0. The van der Waals surface area contributed by atoms with E-state index in [-0.39, 0.29) is 28.7 Å². The zero-order valence-electron chi connectivity index (χ0n) is 64.2. The summed E-state index contributed by atoms with van der Waals surface area (Å²) in [5, 5.41) is 13.1. The van der Waals surface area contributed by atoms with E-state index in [1.807, 2.05) is 86.6 Å². The molecule has 0 aliphatic rings. The van der Waals surface area contributed by atoms with Crippen LogP contribution in [0.15, 0.2) is 170 Å². The van der Waals surface area contributed by atoms with Crippen LogP contribution in [0.5, 0.6) is 5.75 Å². The summed E-state index contributed by atoms with van der Waals surface area (Å²) in [6.07, 6.45) is 1.94. The van der Waals surface area contributed by atoms with Gasteiger partial charge in [-0.05, 0) is 139 Å². The Morgan fingerprint density at radius 3 is 1.85 bits per heavy atom. The molecular formula is C64H65N3O. The third-order valence-electron chi connectivity index (χ3n) is 12.0. The number of fused-ring (bicyclic) bond motifs is 1. The van der Waals surface area contributed by atoms with Crippen molar-refractivity contribution in [1.82, 2.24) is 14.5 Å². The largest absolute Gasteiger partial charge is 0.507 e. The van der Waals surface area contributed by atoms with Crippen molar-refractivity contribution in [3.63, 3.8) is 0 Å². The van der Waals surface area contributed by atoms with Gasteiger partial charge in [0, 0.05) is 65.6 Å². The van der Waals surface area contributed by atoms with Crippen LogP contribution >= 0.6 is 0 Å². The Hall–Kier alpha value is -7.04. The van der Waals surface area contributed by atoms with Gasteiger partial charge in [-0.25, -0.2) is 4.98 Å². The molecule has 0 saturated heterocycles. The van der Waals surface area contributed by atoms with Crippen molar-refractivity contribution in [2.75, 3.05) is 0 Å². The minimum absolute atomic E-state index is 0.0179. The molecule has 7 aromatic carbocycles. The molecule has 2 aromatic heterocycles. The number of para-hydroxylation sites is 1. The molecule has 9 rings (SSSR count). The first-order valence-corrected chi connectivity index (χ1v) is 22.0. The van der Waals surface area contributed by atoms with Gasteiger partial charge in [0.15, 0.2) is 0 Å². The molecule has 0 aliphatic carbocycles. The fourth-order valence-corrected chi connectivity index (χ4v) is 8.72. The highest BCUT2D eigenvalue weighted by molar-refractivity contribution is 5.98. The van der Waals surface area contributed by atoms with E-state index >= 15 is 0 Å². The number of hydrogen-bond acceptors (Lipinski definition) is 3. The first-order valence-electron chi connectivity index (χ1n) is 35.5. The lowest BCUT2D eigenvalue weighted by Gasteiger charge is -2.27. The summed E-state index contributed by atoms with van der Waals surface area (Å²) in [5.41, 5.74) is -9.03. The summed E-state index contributed by atoms with van der Waals surface area (Å²) in [6, 6.07) is 43.5. The second-order valence-corrected chi connectivity index (χ2v) is 17.6. The zero-order chi connectivity index (χ0) is 70.6. The molecule has 9 aromatic rings. The average Bonchev–Trinajstić information content (AvgIpc) is 1.09. The van der Waals surface area contributed by atoms with Gasteiger partial charge in [0.25, 0.3) is 0 Å². The van der Waals surface area contributed by atoms with Gasteiger partial charge in [-0.2, -0.15) is 0 Å². The van der Waals surface area contributed by atoms with E-state index in [2.05, 4.69) is 0 Å². The van der Waals surface area contributed by atoms with E-state index in [0.717, 1.165) is 28.8 Å². The smallest absolute Gasteiger partial charge is 0.149 e. The SMILES string of the molecule is [2H]C([2H])([2H])C(c1ccc(-c2ccnc(-c3cc(-c4ccccc4)cc(-c4cccc5c4nc(-c4cc(C(C([2H])([2H])[2H])(C([2H])([2H])[2H])C([2H])([2H])[2H])cc(C(C([2H])([2H])[2H])(C([2H])([2H])[2H])C([2H])([2H])[2H])c4O)n5-c4ccc(-c5ccccc5)c(CC(C)C)c4)c3)c2)cc1)(C([2H])([2H])[2H])C([2H])([2H])[2H]. The van der Waals surface area contributed by atoms with Crippen molar-refractivity contribution in [2.24, 2.45) is 5.92 Å². The number of aromatic nitrogens is 3. The Balaban J connectivity index is 1.41. The standard InChI is InChI=1S/C64H65N3O/c1-41(2)33-47-37-52(29-30-53(47)44-21-16-13-17-22-44)67-58-24-18-23-54(59(58)66-61(67)55-39-51(63(6,7)8)40-56(60(55)68)64(9,10)11)48-34-46(42-19-14-12-15-20-42)35-49(36-48)57-38-45(31-32-65-57)43-25-27-50(28-26-43)62(3,4)5/h12-32,34-41,68H,33H2,1-11H3/i3D3,4D3,5D3,6D3,7D3,8D3,9D3,10D3,11D3. The third kappa shape index (κ3) is 9.30. The first-order chi connectivity index (χ1) is 43.6. The van der Waals surface area contributed by atoms with Gasteiger partial charge in [-0.3, -0.25) is 9.55 Å². The van der Waals surface area contributed by atoms with Gasteiger partial charge in [-0.15, -0.1) is 0 Å². The maximum atomic E-state index is 13.1. The van der Waals surface area contributed by atoms with Crippen LogP contribution in [0, 0.1) is 5.92 Å². The van der Waals surface area contributed by atoms with Gasteiger partial charge in [-0.1, -0.05) is 185 Å². The topological polar surface area (TPSA) is 50.9 Å². The summed E-state index contributed by atoms with van der Waals surface area (Å²) in [7, 11) is 0. The number of rotatable bonds is 9. The molecule has 342 valence electrons. The van der Waals surface area contributed by atoms with Crippen molar-refractivity contribution in [2.45, 2.75) is 98.2 Å². The van der Waals surface area contributed by atoms with Crippen LogP contribution in [0.1, 0.15) is 135 Å². The molecule has 0 radical (unpaired) electrons.